The van der Waals surface area contributed by atoms with Crippen molar-refractivity contribution in [2.45, 2.75) is 46.6 Å². The number of pyridine rings is 1. The molecule has 2 heterocycles. The third-order valence-electron chi connectivity index (χ3n) is 6.56. The number of nitrogens with one attached hydrogen (secondary N) is 2. The van der Waals surface area contributed by atoms with Gasteiger partial charge in [0.05, 0.1) is 18.3 Å². The zero-order chi connectivity index (χ0) is 25.1. The van der Waals surface area contributed by atoms with Gasteiger partial charge in [-0.1, -0.05) is 42.5 Å². The number of carbonyl (C=O) groups excluding carboxylic acids is 2. The highest BCUT2D eigenvalue weighted by molar-refractivity contribution is 6.00. The molecular formula is C29H32N4O2. The third-order valence-corrected chi connectivity index (χ3v) is 6.56. The van der Waals surface area contributed by atoms with E-state index in [0.717, 1.165) is 44.5 Å². The number of fused-ring (bicyclic) bond motifs is 1. The van der Waals surface area contributed by atoms with E-state index in [1.165, 1.54) is 0 Å². The molecule has 0 unspecified atom stereocenters. The molecule has 1 atom stereocenters. The summed E-state index contributed by atoms with van der Waals surface area (Å²) in [5.74, 6) is -0.366. The van der Waals surface area contributed by atoms with Gasteiger partial charge in [0, 0.05) is 35.8 Å². The van der Waals surface area contributed by atoms with Crippen molar-refractivity contribution in [3.63, 3.8) is 0 Å². The maximum absolute atomic E-state index is 13.5. The minimum absolute atomic E-state index is 0.181. The lowest BCUT2D eigenvalue weighted by molar-refractivity contribution is -0.127. The van der Waals surface area contributed by atoms with Crippen LogP contribution in [0.5, 0.6) is 0 Å². The van der Waals surface area contributed by atoms with Crippen LogP contribution in [0, 0.1) is 27.7 Å². The number of nitrogens with zero attached hydrogens (tertiary/aromatic N) is 2. The Kier molecular flexibility index (Phi) is 7.01. The van der Waals surface area contributed by atoms with Gasteiger partial charge < -0.3 is 15.2 Å². The number of H-pyrrole nitrogens is 1. The molecule has 0 radical (unpaired) electrons. The first-order chi connectivity index (χ1) is 16.7. The molecule has 180 valence electrons. The Hall–Kier alpha value is -3.93. The molecule has 0 saturated heterocycles. The quantitative estimate of drug-likeness (QED) is 0.412. The van der Waals surface area contributed by atoms with Crippen molar-refractivity contribution >= 4 is 28.4 Å². The van der Waals surface area contributed by atoms with Gasteiger partial charge in [0.15, 0.2) is 0 Å². The molecule has 4 rings (SSSR count). The summed E-state index contributed by atoms with van der Waals surface area (Å²) in [5.41, 5.74) is 7.83. The molecule has 6 nitrogen and oxygen atoms in total. The van der Waals surface area contributed by atoms with Crippen molar-refractivity contribution in [1.29, 1.82) is 0 Å². The topological polar surface area (TPSA) is 78.1 Å². The van der Waals surface area contributed by atoms with Crippen LogP contribution in [0.2, 0.25) is 0 Å². The summed E-state index contributed by atoms with van der Waals surface area (Å²) in [6, 6.07) is 16.9. The first-order valence-electron chi connectivity index (χ1n) is 11.9. The number of aromatic nitrogens is 2. The van der Waals surface area contributed by atoms with Crippen LogP contribution >= 0.6 is 0 Å². The summed E-state index contributed by atoms with van der Waals surface area (Å²) in [4.78, 5) is 36.1. The van der Waals surface area contributed by atoms with Gasteiger partial charge in [0.25, 0.3) is 0 Å². The summed E-state index contributed by atoms with van der Waals surface area (Å²) >= 11 is 0. The van der Waals surface area contributed by atoms with Crippen LogP contribution in [0.25, 0.3) is 10.9 Å². The fourth-order valence-electron chi connectivity index (χ4n) is 4.51. The van der Waals surface area contributed by atoms with E-state index in [-0.39, 0.29) is 18.2 Å². The smallest absolute Gasteiger partial charge is 0.249 e. The molecule has 0 fully saturated rings. The lowest BCUT2D eigenvalue weighted by Crippen LogP contribution is -2.49. The van der Waals surface area contributed by atoms with Gasteiger partial charge in [-0.15, -0.1) is 0 Å². The van der Waals surface area contributed by atoms with Crippen LogP contribution in [-0.4, -0.2) is 34.9 Å². The highest BCUT2D eigenvalue weighted by atomic mass is 16.2. The van der Waals surface area contributed by atoms with Crippen molar-refractivity contribution in [2.24, 2.45) is 0 Å². The van der Waals surface area contributed by atoms with Crippen LogP contribution in [0.4, 0.5) is 5.69 Å². The first-order valence-corrected chi connectivity index (χ1v) is 11.9. The van der Waals surface area contributed by atoms with E-state index in [2.05, 4.69) is 41.3 Å². The highest BCUT2D eigenvalue weighted by Gasteiger charge is 2.26. The number of benzene rings is 2. The average Bonchev–Trinajstić information content (AvgIpc) is 3.18. The van der Waals surface area contributed by atoms with Gasteiger partial charge in [-0.25, -0.2) is 0 Å². The van der Waals surface area contributed by atoms with E-state index in [1.54, 1.807) is 18.1 Å². The second kappa shape index (κ2) is 10.1. The maximum atomic E-state index is 13.5. The SMILES string of the molecule is Cc1ccc(N(C)C(=O)[C@H](Cc2ccccc2)NC(=O)Cc2c(C)[nH]c3c(C)ccc(C)c23)cn1. The van der Waals surface area contributed by atoms with Crippen molar-refractivity contribution in [2.75, 3.05) is 11.9 Å². The summed E-state index contributed by atoms with van der Waals surface area (Å²) < 4.78 is 0. The predicted molar refractivity (Wildman–Crippen MR) is 141 cm³/mol. The Morgan fingerprint density at radius 2 is 1.69 bits per heavy atom. The largest absolute Gasteiger partial charge is 0.358 e. The third kappa shape index (κ3) is 5.27. The van der Waals surface area contributed by atoms with Gasteiger partial charge in [0.1, 0.15) is 6.04 Å². The molecule has 0 aliphatic carbocycles. The standard InChI is InChI=1S/C29H32N4O2/c1-18-11-12-19(2)28-27(18)24(21(4)31-28)16-26(34)32-25(15-22-9-7-6-8-10-22)29(35)33(5)23-14-13-20(3)30-17-23/h6-14,17,25,31H,15-16H2,1-5H3,(H,32,34)/t25-/m0/s1. The monoisotopic (exact) mass is 468 g/mol. The summed E-state index contributed by atoms with van der Waals surface area (Å²) in [6.45, 7) is 8.01. The number of aryl methyl sites for hydroxylation is 4. The van der Waals surface area contributed by atoms with Crippen LogP contribution < -0.4 is 10.2 Å². The molecule has 4 aromatic rings. The zero-order valence-corrected chi connectivity index (χ0v) is 21.0. The molecule has 2 amide bonds. The van der Waals surface area contributed by atoms with Crippen LogP contribution in [0.3, 0.4) is 0 Å². The second-order valence-electron chi connectivity index (χ2n) is 9.22. The molecule has 0 saturated carbocycles. The van der Waals surface area contributed by atoms with Crippen LogP contribution in [0.1, 0.15) is 33.6 Å². The zero-order valence-electron chi connectivity index (χ0n) is 21.0. The van der Waals surface area contributed by atoms with E-state index >= 15 is 0 Å². The highest BCUT2D eigenvalue weighted by Crippen LogP contribution is 2.28. The lowest BCUT2D eigenvalue weighted by atomic mass is 10.00. The molecule has 0 spiro atoms. The van der Waals surface area contributed by atoms with Gasteiger partial charge in [-0.3, -0.25) is 14.6 Å². The number of likely N-dealkylation sites (N-methyl/N-ethyl adjacent to an activating group) is 1. The minimum atomic E-state index is -0.704. The fraction of sp³-hybridized carbons (Fsp3) is 0.276. The van der Waals surface area contributed by atoms with Crippen molar-refractivity contribution < 1.29 is 9.59 Å². The predicted octanol–water partition coefficient (Wildman–Crippen LogP) is 4.73. The molecule has 35 heavy (non-hydrogen) atoms. The molecule has 2 aromatic heterocycles. The van der Waals surface area contributed by atoms with Crippen molar-refractivity contribution in [3.8, 4) is 0 Å². The fourth-order valence-corrected chi connectivity index (χ4v) is 4.51. The molecule has 0 aliphatic heterocycles. The first kappa shape index (κ1) is 24.2. The number of hydrogen-bond donors (Lipinski definition) is 2. The Bertz CT molecular complexity index is 1360. The van der Waals surface area contributed by atoms with E-state index in [4.69, 9.17) is 0 Å². The number of hydrogen-bond acceptors (Lipinski definition) is 3. The molecular weight excluding hydrogens is 436 g/mol. The molecule has 2 aromatic carbocycles. The molecule has 0 bridgehead atoms. The van der Waals surface area contributed by atoms with Gasteiger partial charge in [-0.2, -0.15) is 0 Å². The van der Waals surface area contributed by atoms with E-state index in [1.807, 2.05) is 56.3 Å². The minimum Gasteiger partial charge on any atom is -0.358 e. The Morgan fingerprint density at radius 3 is 2.37 bits per heavy atom. The van der Waals surface area contributed by atoms with Crippen molar-refractivity contribution in [1.82, 2.24) is 15.3 Å². The van der Waals surface area contributed by atoms with E-state index in [9.17, 15) is 9.59 Å². The summed E-state index contributed by atoms with van der Waals surface area (Å²) in [5, 5.41) is 4.12. The second-order valence-corrected chi connectivity index (χ2v) is 9.22. The molecule has 2 N–H and O–H groups in total. The van der Waals surface area contributed by atoms with Gasteiger partial charge in [-0.05, 0) is 62.1 Å². The maximum Gasteiger partial charge on any atom is 0.249 e. The van der Waals surface area contributed by atoms with Crippen LogP contribution in [0.15, 0.2) is 60.8 Å². The van der Waals surface area contributed by atoms with Crippen molar-refractivity contribution in [3.05, 3.63) is 94.4 Å². The Balaban J connectivity index is 1.59. The normalized spacial score (nSPS) is 11.9. The number of anilines is 1. The average molecular weight is 469 g/mol. The van der Waals surface area contributed by atoms with Crippen LogP contribution in [-0.2, 0) is 22.4 Å². The Morgan fingerprint density at radius 1 is 0.971 bits per heavy atom. The molecule has 6 heteroatoms. The summed E-state index contributed by atoms with van der Waals surface area (Å²) in [7, 11) is 1.72. The Labute approximate surface area is 206 Å². The van der Waals surface area contributed by atoms with Gasteiger partial charge in [0.2, 0.25) is 11.8 Å². The number of amides is 2. The van der Waals surface area contributed by atoms with E-state index < -0.39 is 6.04 Å². The summed E-state index contributed by atoms with van der Waals surface area (Å²) in [6.07, 6.45) is 2.28. The number of aromatic amines is 1. The number of rotatable bonds is 7. The van der Waals surface area contributed by atoms with Gasteiger partial charge >= 0.3 is 0 Å². The molecule has 0 aliphatic rings. The van der Waals surface area contributed by atoms with E-state index in [0.29, 0.717) is 12.1 Å². The lowest BCUT2D eigenvalue weighted by Gasteiger charge is -2.25. The number of carbonyl (C=O) groups is 2.